The van der Waals surface area contributed by atoms with E-state index in [2.05, 4.69) is 49.9 Å². The zero-order valence-electron chi connectivity index (χ0n) is 15.1. The van der Waals surface area contributed by atoms with Crippen molar-refractivity contribution in [3.8, 4) is 0 Å². The summed E-state index contributed by atoms with van der Waals surface area (Å²) in [7, 11) is 1.79. The molecule has 0 unspecified atom stereocenters. The molecule has 0 spiro atoms. The molecule has 134 valence electrons. The third-order valence-corrected chi connectivity index (χ3v) is 5.30. The van der Waals surface area contributed by atoms with Crippen molar-refractivity contribution in [2.24, 2.45) is 0 Å². The molecular formula is C19H32N4O. The lowest BCUT2D eigenvalue weighted by molar-refractivity contribution is 0.0899. The molecule has 2 fully saturated rings. The van der Waals surface area contributed by atoms with Gasteiger partial charge in [0, 0.05) is 84.8 Å². The lowest BCUT2D eigenvalue weighted by Gasteiger charge is -2.38. The lowest BCUT2D eigenvalue weighted by atomic mass is 10.2. The van der Waals surface area contributed by atoms with Crippen LogP contribution in [0, 0.1) is 0 Å². The summed E-state index contributed by atoms with van der Waals surface area (Å²) in [6, 6.07) is 10.8. The predicted octanol–water partition coefficient (Wildman–Crippen LogP) is 1.07. The number of nitrogens with zero attached hydrogens (tertiary/aromatic N) is 4. The molecule has 0 N–H and O–H groups in total. The Balaban J connectivity index is 1.31. The summed E-state index contributed by atoms with van der Waals surface area (Å²) in [5, 5.41) is 0. The molecule has 2 heterocycles. The number of benzene rings is 1. The topological polar surface area (TPSA) is 22.2 Å². The van der Waals surface area contributed by atoms with Crippen molar-refractivity contribution in [2.45, 2.75) is 0 Å². The van der Waals surface area contributed by atoms with Gasteiger partial charge in [-0.3, -0.25) is 14.7 Å². The average molecular weight is 332 g/mol. The Morgan fingerprint density at radius 1 is 0.708 bits per heavy atom. The van der Waals surface area contributed by atoms with Gasteiger partial charge in [-0.2, -0.15) is 0 Å². The summed E-state index contributed by atoms with van der Waals surface area (Å²) in [5.74, 6) is 0. The SMILES string of the molecule is COCCN1CCN(CCN2CCN(c3ccccc3)CC2)CC1. The first-order valence-corrected chi connectivity index (χ1v) is 9.31. The van der Waals surface area contributed by atoms with E-state index in [-0.39, 0.29) is 0 Å². The number of hydrogen-bond donors (Lipinski definition) is 0. The second-order valence-electron chi connectivity index (χ2n) is 6.84. The van der Waals surface area contributed by atoms with Crippen LogP contribution >= 0.6 is 0 Å². The summed E-state index contributed by atoms with van der Waals surface area (Å²) in [4.78, 5) is 10.3. The quantitative estimate of drug-likeness (QED) is 0.743. The third-order valence-electron chi connectivity index (χ3n) is 5.30. The number of hydrogen-bond acceptors (Lipinski definition) is 5. The minimum absolute atomic E-state index is 0.853. The summed E-state index contributed by atoms with van der Waals surface area (Å²) in [5.41, 5.74) is 1.37. The fraction of sp³-hybridized carbons (Fsp3) is 0.684. The molecule has 3 rings (SSSR count). The highest BCUT2D eigenvalue weighted by molar-refractivity contribution is 5.46. The molecule has 0 radical (unpaired) electrons. The van der Waals surface area contributed by atoms with Crippen LogP contribution < -0.4 is 4.90 Å². The Labute approximate surface area is 146 Å². The van der Waals surface area contributed by atoms with E-state index in [9.17, 15) is 0 Å². The van der Waals surface area contributed by atoms with Crippen LogP contribution in [-0.2, 0) is 4.74 Å². The van der Waals surface area contributed by atoms with E-state index in [4.69, 9.17) is 4.74 Å². The molecule has 0 atom stereocenters. The molecule has 2 aliphatic rings. The van der Waals surface area contributed by atoms with Gasteiger partial charge in [0.15, 0.2) is 0 Å². The van der Waals surface area contributed by atoms with Gasteiger partial charge >= 0.3 is 0 Å². The van der Waals surface area contributed by atoms with Gasteiger partial charge in [0.1, 0.15) is 0 Å². The van der Waals surface area contributed by atoms with Crippen molar-refractivity contribution in [2.75, 3.05) is 90.6 Å². The molecule has 0 aromatic heterocycles. The molecule has 2 saturated heterocycles. The van der Waals surface area contributed by atoms with Crippen LogP contribution in [0.3, 0.4) is 0 Å². The highest BCUT2D eigenvalue weighted by Gasteiger charge is 2.20. The van der Waals surface area contributed by atoms with Gasteiger partial charge in [-0.25, -0.2) is 0 Å². The smallest absolute Gasteiger partial charge is 0.0589 e. The molecule has 0 bridgehead atoms. The minimum atomic E-state index is 0.853. The second-order valence-corrected chi connectivity index (χ2v) is 6.84. The average Bonchev–Trinajstić information content (AvgIpc) is 2.67. The maximum absolute atomic E-state index is 5.17. The van der Waals surface area contributed by atoms with E-state index in [1.165, 1.54) is 58.0 Å². The van der Waals surface area contributed by atoms with E-state index < -0.39 is 0 Å². The first-order chi connectivity index (χ1) is 11.8. The largest absolute Gasteiger partial charge is 0.383 e. The highest BCUT2D eigenvalue weighted by atomic mass is 16.5. The van der Waals surface area contributed by atoms with Crippen LogP contribution in [0.15, 0.2) is 30.3 Å². The molecule has 0 aliphatic carbocycles. The van der Waals surface area contributed by atoms with Crippen molar-refractivity contribution in [3.63, 3.8) is 0 Å². The number of methoxy groups -OCH3 is 1. The van der Waals surface area contributed by atoms with Crippen LogP contribution in [0.5, 0.6) is 0 Å². The normalized spacial score (nSPS) is 21.3. The van der Waals surface area contributed by atoms with E-state index in [0.717, 1.165) is 26.2 Å². The van der Waals surface area contributed by atoms with E-state index in [1.54, 1.807) is 7.11 Å². The number of para-hydroxylation sites is 1. The first-order valence-electron chi connectivity index (χ1n) is 9.31. The van der Waals surface area contributed by atoms with E-state index in [1.807, 2.05) is 0 Å². The monoisotopic (exact) mass is 332 g/mol. The van der Waals surface area contributed by atoms with Crippen molar-refractivity contribution >= 4 is 5.69 Å². The van der Waals surface area contributed by atoms with Gasteiger partial charge in [0.25, 0.3) is 0 Å². The Hall–Kier alpha value is -1.14. The fourth-order valence-electron chi connectivity index (χ4n) is 3.61. The maximum atomic E-state index is 5.17. The standard InChI is InChI=1S/C19H32N4O/c1-24-18-17-22-11-9-20(10-12-22)7-8-21-13-15-23(16-14-21)19-5-3-2-4-6-19/h2-6H,7-18H2,1H3. The summed E-state index contributed by atoms with van der Waals surface area (Å²) >= 11 is 0. The third kappa shape index (κ3) is 5.18. The van der Waals surface area contributed by atoms with Crippen LogP contribution in [-0.4, -0.2) is 100 Å². The fourth-order valence-corrected chi connectivity index (χ4v) is 3.61. The molecule has 2 aliphatic heterocycles. The molecule has 24 heavy (non-hydrogen) atoms. The summed E-state index contributed by atoms with van der Waals surface area (Å²) in [6.45, 7) is 13.8. The summed E-state index contributed by atoms with van der Waals surface area (Å²) in [6.07, 6.45) is 0. The maximum Gasteiger partial charge on any atom is 0.0589 e. The van der Waals surface area contributed by atoms with Crippen LogP contribution in [0.4, 0.5) is 5.69 Å². The molecule has 1 aromatic carbocycles. The van der Waals surface area contributed by atoms with Crippen molar-refractivity contribution in [1.29, 1.82) is 0 Å². The highest BCUT2D eigenvalue weighted by Crippen LogP contribution is 2.15. The van der Waals surface area contributed by atoms with Gasteiger partial charge in [-0.05, 0) is 12.1 Å². The molecule has 0 amide bonds. The molecule has 5 nitrogen and oxygen atoms in total. The number of rotatable bonds is 7. The minimum Gasteiger partial charge on any atom is -0.383 e. The number of piperazine rings is 2. The Morgan fingerprint density at radius 2 is 1.21 bits per heavy atom. The zero-order chi connectivity index (χ0) is 16.6. The number of ether oxygens (including phenoxy) is 1. The molecular weight excluding hydrogens is 300 g/mol. The molecule has 1 aromatic rings. The van der Waals surface area contributed by atoms with E-state index in [0.29, 0.717) is 0 Å². The van der Waals surface area contributed by atoms with Crippen molar-refractivity contribution < 1.29 is 4.74 Å². The second kappa shape index (κ2) is 9.37. The van der Waals surface area contributed by atoms with Crippen molar-refractivity contribution in [3.05, 3.63) is 30.3 Å². The van der Waals surface area contributed by atoms with Crippen LogP contribution in [0.25, 0.3) is 0 Å². The van der Waals surface area contributed by atoms with Gasteiger partial charge in [-0.15, -0.1) is 0 Å². The van der Waals surface area contributed by atoms with Crippen LogP contribution in [0.2, 0.25) is 0 Å². The van der Waals surface area contributed by atoms with Crippen LogP contribution in [0.1, 0.15) is 0 Å². The van der Waals surface area contributed by atoms with Gasteiger partial charge in [0.05, 0.1) is 6.61 Å². The lowest BCUT2D eigenvalue weighted by Crippen LogP contribution is -2.51. The summed E-state index contributed by atoms with van der Waals surface area (Å²) < 4.78 is 5.17. The Bertz CT molecular complexity index is 454. The van der Waals surface area contributed by atoms with Gasteiger partial charge in [-0.1, -0.05) is 18.2 Å². The number of anilines is 1. The van der Waals surface area contributed by atoms with Crippen molar-refractivity contribution in [1.82, 2.24) is 14.7 Å². The van der Waals surface area contributed by atoms with E-state index >= 15 is 0 Å². The molecule has 5 heteroatoms. The first kappa shape index (κ1) is 17.7. The van der Waals surface area contributed by atoms with Gasteiger partial charge < -0.3 is 9.64 Å². The Kier molecular flexibility index (Phi) is 6.90. The zero-order valence-corrected chi connectivity index (χ0v) is 15.1. The van der Waals surface area contributed by atoms with Gasteiger partial charge in [0.2, 0.25) is 0 Å². The predicted molar refractivity (Wildman–Crippen MR) is 99.9 cm³/mol. The molecule has 0 saturated carbocycles. The Morgan fingerprint density at radius 3 is 1.75 bits per heavy atom.